The Hall–Kier alpha value is -4.58. The van der Waals surface area contributed by atoms with Gasteiger partial charge in [0.2, 0.25) is 0 Å². The summed E-state index contributed by atoms with van der Waals surface area (Å²) in [5.74, 6) is 3.30. The molecule has 0 aromatic heterocycles. The van der Waals surface area contributed by atoms with Gasteiger partial charge in [0.15, 0.2) is 29.2 Å². The summed E-state index contributed by atoms with van der Waals surface area (Å²) in [5, 5.41) is 2.37. The summed E-state index contributed by atoms with van der Waals surface area (Å²) in [6, 6.07) is 40.5. The molecule has 8 rings (SSSR count). The van der Waals surface area contributed by atoms with Crippen LogP contribution in [0.3, 0.4) is 0 Å². The van der Waals surface area contributed by atoms with Gasteiger partial charge in [0.1, 0.15) is 11.4 Å². The van der Waals surface area contributed by atoms with Crippen LogP contribution in [-0.4, -0.2) is 11.9 Å². The van der Waals surface area contributed by atoms with Crippen molar-refractivity contribution in [3.05, 3.63) is 132 Å². The van der Waals surface area contributed by atoms with E-state index in [1.807, 2.05) is 36.4 Å². The smallest absolute Gasteiger partial charge is 0.174 e. The summed E-state index contributed by atoms with van der Waals surface area (Å²) < 4.78 is 12.8. The molecule has 0 radical (unpaired) electrons. The molecule has 184 valence electrons. The Labute approximate surface area is 221 Å². The van der Waals surface area contributed by atoms with E-state index in [4.69, 9.17) is 9.47 Å². The lowest BCUT2D eigenvalue weighted by atomic mass is 9.91. The first-order valence-electron chi connectivity index (χ1n) is 13.0. The molecule has 0 saturated heterocycles. The maximum atomic E-state index is 6.53. The lowest BCUT2D eigenvalue weighted by Crippen LogP contribution is -2.85. The minimum absolute atomic E-state index is 0.0914. The van der Waals surface area contributed by atoms with Gasteiger partial charge < -0.3 is 9.47 Å². The van der Waals surface area contributed by atoms with Crippen LogP contribution in [0.25, 0.3) is 0 Å². The fourth-order valence-electron chi connectivity index (χ4n) is 6.16. The fourth-order valence-corrected chi connectivity index (χ4v) is 6.16. The lowest BCUT2D eigenvalue weighted by Gasteiger charge is -2.40. The highest BCUT2D eigenvalue weighted by Gasteiger charge is 2.39. The SMILES string of the molecule is CN1C(c2ccc3c(c2)Oc2cccc4c2N3c2ccccc2O4)[NH2+]c2ccccc2C1c1ccccc1. The minimum atomic E-state index is 0.0914. The van der Waals surface area contributed by atoms with E-state index in [-0.39, 0.29) is 12.2 Å². The molecule has 2 atom stereocenters. The first kappa shape index (κ1) is 21.5. The standard InChI is InChI=1S/C33H25N3O2/c1-35-31(21-10-3-2-4-11-21)23-12-5-6-13-24(23)34-33(35)22-18-19-26-30(20-22)38-29-17-9-16-28-32(29)36(26)25-14-7-8-15-27(25)37-28/h2-20,31,33-34H,1H3/p+1. The number of hydrogen-bond donors (Lipinski definition) is 1. The van der Waals surface area contributed by atoms with E-state index in [2.05, 4.69) is 101 Å². The molecule has 0 fully saturated rings. The Kier molecular flexibility index (Phi) is 4.65. The van der Waals surface area contributed by atoms with E-state index in [1.165, 1.54) is 22.4 Å². The van der Waals surface area contributed by atoms with Crippen molar-refractivity contribution in [2.75, 3.05) is 11.9 Å². The van der Waals surface area contributed by atoms with Gasteiger partial charge in [0.05, 0.1) is 17.4 Å². The molecule has 0 spiro atoms. The van der Waals surface area contributed by atoms with Gasteiger partial charge in [-0.25, -0.2) is 4.90 Å². The third kappa shape index (κ3) is 3.13. The molecule has 5 aromatic rings. The van der Waals surface area contributed by atoms with Crippen LogP contribution in [0.1, 0.15) is 28.9 Å². The van der Waals surface area contributed by atoms with Crippen LogP contribution in [0.5, 0.6) is 23.0 Å². The van der Waals surface area contributed by atoms with Gasteiger partial charge in [-0.15, -0.1) is 0 Å². The van der Waals surface area contributed by atoms with Crippen LogP contribution in [0, 0.1) is 0 Å². The van der Waals surface area contributed by atoms with Crippen molar-refractivity contribution in [2.45, 2.75) is 12.2 Å². The van der Waals surface area contributed by atoms with Crippen molar-refractivity contribution in [3.8, 4) is 23.0 Å². The Morgan fingerprint density at radius 2 is 1.29 bits per heavy atom. The number of hydrogen-bond acceptors (Lipinski definition) is 4. The summed E-state index contributed by atoms with van der Waals surface area (Å²) in [6.45, 7) is 0. The molecular formula is C33H26N3O2+. The molecule has 5 heteroatoms. The highest BCUT2D eigenvalue weighted by Crippen LogP contribution is 2.59. The van der Waals surface area contributed by atoms with Gasteiger partial charge in [-0.1, -0.05) is 66.7 Å². The normalized spacial score (nSPS) is 18.8. The molecule has 3 aliphatic rings. The van der Waals surface area contributed by atoms with E-state index < -0.39 is 0 Å². The average Bonchev–Trinajstić information content (AvgIpc) is 2.97. The molecule has 2 N–H and O–H groups in total. The second kappa shape index (κ2) is 8.21. The van der Waals surface area contributed by atoms with E-state index in [0.717, 1.165) is 40.1 Å². The third-order valence-electron chi connectivity index (χ3n) is 7.89. The molecule has 0 amide bonds. The van der Waals surface area contributed by atoms with Crippen LogP contribution in [0.4, 0.5) is 22.7 Å². The van der Waals surface area contributed by atoms with E-state index in [1.54, 1.807) is 0 Å². The lowest BCUT2D eigenvalue weighted by molar-refractivity contribution is -0.650. The molecular weight excluding hydrogens is 470 g/mol. The van der Waals surface area contributed by atoms with Crippen LogP contribution in [0.15, 0.2) is 115 Å². The number of nitrogens with two attached hydrogens (primary N) is 1. The number of para-hydroxylation sites is 4. The highest BCUT2D eigenvalue weighted by molar-refractivity contribution is 5.93. The van der Waals surface area contributed by atoms with Gasteiger partial charge in [-0.05, 0) is 61.1 Å². The predicted octanol–water partition coefficient (Wildman–Crippen LogP) is 7.30. The fraction of sp³-hybridized carbons (Fsp3) is 0.0909. The van der Waals surface area contributed by atoms with Crippen LogP contribution in [0.2, 0.25) is 0 Å². The minimum Gasteiger partial charge on any atom is -0.453 e. The Morgan fingerprint density at radius 3 is 2.16 bits per heavy atom. The van der Waals surface area contributed by atoms with Crippen LogP contribution in [-0.2, 0) is 0 Å². The number of nitrogens with zero attached hydrogens (tertiary/aromatic N) is 2. The van der Waals surface area contributed by atoms with Gasteiger partial charge in [0, 0.05) is 11.1 Å². The van der Waals surface area contributed by atoms with E-state index in [9.17, 15) is 0 Å². The zero-order chi connectivity index (χ0) is 25.2. The van der Waals surface area contributed by atoms with Crippen molar-refractivity contribution < 1.29 is 14.8 Å². The van der Waals surface area contributed by atoms with Crippen molar-refractivity contribution in [1.29, 1.82) is 0 Å². The van der Waals surface area contributed by atoms with Crippen molar-refractivity contribution >= 4 is 22.7 Å². The Bertz CT molecular complexity index is 1700. The van der Waals surface area contributed by atoms with Crippen molar-refractivity contribution in [2.24, 2.45) is 0 Å². The van der Waals surface area contributed by atoms with Gasteiger partial charge in [-0.2, -0.15) is 0 Å². The van der Waals surface area contributed by atoms with Crippen molar-refractivity contribution in [3.63, 3.8) is 0 Å². The second-order valence-electron chi connectivity index (χ2n) is 10.1. The molecule has 38 heavy (non-hydrogen) atoms. The van der Waals surface area contributed by atoms with E-state index in [0.29, 0.717) is 0 Å². The average molecular weight is 497 g/mol. The molecule has 5 aromatic carbocycles. The zero-order valence-electron chi connectivity index (χ0n) is 20.9. The van der Waals surface area contributed by atoms with Gasteiger partial charge in [-0.3, -0.25) is 10.2 Å². The monoisotopic (exact) mass is 496 g/mol. The molecule has 0 saturated carbocycles. The number of benzene rings is 5. The molecule has 2 unspecified atom stereocenters. The maximum absolute atomic E-state index is 6.53. The number of fused-ring (bicyclic) bond motifs is 5. The van der Waals surface area contributed by atoms with Crippen LogP contribution >= 0.6 is 0 Å². The molecule has 0 bridgehead atoms. The zero-order valence-corrected chi connectivity index (χ0v) is 20.9. The number of ether oxygens (including phenoxy) is 2. The van der Waals surface area contributed by atoms with Crippen molar-refractivity contribution in [1.82, 2.24) is 4.90 Å². The number of anilines is 3. The Morgan fingerprint density at radius 1 is 0.605 bits per heavy atom. The van der Waals surface area contributed by atoms with E-state index >= 15 is 0 Å². The third-order valence-corrected chi connectivity index (χ3v) is 7.89. The first-order valence-corrected chi connectivity index (χ1v) is 13.0. The summed E-state index contributed by atoms with van der Waals surface area (Å²) in [5.41, 5.74) is 8.08. The summed E-state index contributed by atoms with van der Waals surface area (Å²) in [7, 11) is 2.22. The molecule has 3 heterocycles. The number of rotatable bonds is 2. The highest BCUT2D eigenvalue weighted by atomic mass is 16.5. The van der Waals surface area contributed by atoms with Crippen LogP contribution < -0.4 is 19.7 Å². The number of quaternary nitrogens is 1. The second-order valence-corrected chi connectivity index (χ2v) is 10.1. The largest absolute Gasteiger partial charge is 0.453 e. The predicted molar refractivity (Wildman–Crippen MR) is 148 cm³/mol. The quantitative estimate of drug-likeness (QED) is 0.255. The maximum Gasteiger partial charge on any atom is 0.174 e. The summed E-state index contributed by atoms with van der Waals surface area (Å²) >= 11 is 0. The summed E-state index contributed by atoms with van der Waals surface area (Å²) in [6.07, 6.45) is 0.0914. The van der Waals surface area contributed by atoms with Gasteiger partial charge in [0.25, 0.3) is 0 Å². The topological polar surface area (TPSA) is 41.5 Å². The molecule has 0 aliphatic carbocycles. The molecule has 5 nitrogen and oxygen atoms in total. The molecule has 3 aliphatic heterocycles. The first-order chi connectivity index (χ1) is 18.8. The van der Waals surface area contributed by atoms with Gasteiger partial charge >= 0.3 is 0 Å². The Balaban J connectivity index is 1.24. The summed E-state index contributed by atoms with van der Waals surface area (Å²) in [4.78, 5) is 4.72.